The summed E-state index contributed by atoms with van der Waals surface area (Å²) in [6.45, 7) is 3.99. The zero-order chi connectivity index (χ0) is 14.2. The number of carbonyl (C=O) groups is 1. The zero-order valence-corrected chi connectivity index (χ0v) is 12.4. The maximum atomic E-state index is 11.3. The Labute approximate surface area is 123 Å². The molecule has 2 rings (SSSR count). The minimum atomic E-state index is 0.0871. The van der Waals surface area contributed by atoms with Gasteiger partial charge in [-0.05, 0) is 6.92 Å². The van der Waals surface area contributed by atoms with Crippen molar-refractivity contribution in [2.24, 2.45) is 0 Å². The average Bonchev–Trinajstić information content (AvgIpc) is 2.94. The second kappa shape index (κ2) is 7.77. The predicted octanol–water partition coefficient (Wildman–Crippen LogP) is 2.43. The van der Waals surface area contributed by atoms with E-state index in [-0.39, 0.29) is 5.91 Å². The molecular weight excluding hydrogens is 270 g/mol. The van der Waals surface area contributed by atoms with E-state index in [1.807, 2.05) is 25.1 Å². The highest BCUT2D eigenvalue weighted by molar-refractivity contribution is 7.09. The Bertz CT molecular complexity index is 539. The Morgan fingerprint density at radius 3 is 2.85 bits per heavy atom. The Kier molecular flexibility index (Phi) is 5.70. The summed E-state index contributed by atoms with van der Waals surface area (Å²) < 4.78 is 0. The van der Waals surface area contributed by atoms with Crippen LogP contribution in [0.5, 0.6) is 0 Å². The lowest BCUT2D eigenvalue weighted by molar-refractivity contribution is -0.120. The van der Waals surface area contributed by atoms with Gasteiger partial charge in [-0.2, -0.15) is 0 Å². The maximum Gasteiger partial charge on any atom is 0.221 e. The summed E-state index contributed by atoms with van der Waals surface area (Å²) in [6, 6.07) is 10.1. The van der Waals surface area contributed by atoms with Crippen LogP contribution in [0.1, 0.15) is 18.4 Å². The van der Waals surface area contributed by atoms with E-state index in [2.05, 4.69) is 33.1 Å². The smallest absolute Gasteiger partial charge is 0.221 e. The van der Waals surface area contributed by atoms with E-state index >= 15 is 0 Å². The summed E-state index contributed by atoms with van der Waals surface area (Å²) in [5.74, 6) is 0.0871. The summed E-state index contributed by atoms with van der Waals surface area (Å²) in [7, 11) is 0. The van der Waals surface area contributed by atoms with Crippen LogP contribution in [0.4, 0.5) is 0 Å². The zero-order valence-electron chi connectivity index (χ0n) is 11.6. The number of nitrogens with one attached hydrogen (secondary N) is 2. The molecule has 5 heteroatoms. The van der Waals surface area contributed by atoms with E-state index < -0.39 is 0 Å². The average molecular weight is 289 g/mol. The van der Waals surface area contributed by atoms with Crippen molar-refractivity contribution in [3.63, 3.8) is 0 Å². The van der Waals surface area contributed by atoms with Gasteiger partial charge >= 0.3 is 0 Å². The van der Waals surface area contributed by atoms with Gasteiger partial charge in [0.2, 0.25) is 5.91 Å². The molecule has 0 bridgehead atoms. The molecule has 0 unspecified atom stereocenters. The van der Waals surface area contributed by atoms with E-state index in [4.69, 9.17) is 0 Å². The molecule has 1 aromatic heterocycles. The highest BCUT2D eigenvalue weighted by Gasteiger charge is 2.04. The van der Waals surface area contributed by atoms with Crippen molar-refractivity contribution < 1.29 is 4.79 Å². The van der Waals surface area contributed by atoms with Crippen molar-refractivity contribution in [3.05, 3.63) is 40.7 Å². The van der Waals surface area contributed by atoms with E-state index in [0.29, 0.717) is 26.1 Å². The van der Waals surface area contributed by atoms with Crippen molar-refractivity contribution in [1.29, 1.82) is 0 Å². The number of carbonyl (C=O) groups excluding carboxylic acids is 1. The number of nitrogens with zero attached hydrogens (tertiary/aromatic N) is 1. The number of hydrogen-bond acceptors (Lipinski definition) is 4. The molecule has 0 fully saturated rings. The first-order chi connectivity index (χ1) is 9.79. The third-order valence-corrected chi connectivity index (χ3v) is 3.65. The summed E-state index contributed by atoms with van der Waals surface area (Å²) in [4.78, 5) is 15.9. The molecule has 0 spiro atoms. The first-order valence-corrected chi connectivity index (χ1v) is 7.65. The summed E-state index contributed by atoms with van der Waals surface area (Å²) in [5, 5.41) is 9.13. The summed E-state index contributed by atoms with van der Waals surface area (Å²) in [5.41, 5.74) is 2.15. The van der Waals surface area contributed by atoms with Crippen LogP contribution in [0.15, 0.2) is 35.7 Å². The van der Waals surface area contributed by atoms with Gasteiger partial charge in [-0.1, -0.05) is 30.3 Å². The van der Waals surface area contributed by atoms with Gasteiger partial charge in [0.15, 0.2) is 0 Å². The molecule has 4 nitrogen and oxygen atoms in total. The summed E-state index contributed by atoms with van der Waals surface area (Å²) >= 11 is 1.64. The molecule has 0 atom stereocenters. The fourth-order valence-corrected chi connectivity index (χ4v) is 2.59. The monoisotopic (exact) mass is 289 g/mol. The lowest BCUT2D eigenvalue weighted by Gasteiger charge is -2.03. The normalized spacial score (nSPS) is 10.4. The Hall–Kier alpha value is -1.72. The van der Waals surface area contributed by atoms with Gasteiger partial charge in [0, 0.05) is 37.0 Å². The lowest BCUT2D eigenvalue weighted by atomic mass is 10.2. The van der Waals surface area contributed by atoms with Crippen molar-refractivity contribution in [1.82, 2.24) is 15.6 Å². The lowest BCUT2D eigenvalue weighted by Crippen LogP contribution is -2.27. The fourth-order valence-electron chi connectivity index (χ4n) is 1.82. The van der Waals surface area contributed by atoms with E-state index in [1.165, 1.54) is 0 Å². The topological polar surface area (TPSA) is 54.0 Å². The van der Waals surface area contributed by atoms with Crippen LogP contribution in [0, 0.1) is 0 Å². The number of hydrogen-bond donors (Lipinski definition) is 2. The maximum absolute atomic E-state index is 11.3. The second-order valence-electron chi connectivity index (χ2n) is 4.37. The largest absolute Gasteiger partial charge is 0.356 e. The number of aromatic nitrogens is 1. The minimum Gasteiger partial charge on any atom is -0.356 e. The minimum absolute atomic E-state index is 0.0871. The molecule has 2 aromatic rings. The van der Waals surface area contributed by atoms with Crippen molar-refractivity contribution >= 4 is 17.2 Å². The van der Waals surface area contributed by atoms with Gasteiger partial charge in [-0.25, -0.2) is 4.98 Å². The van der Waals surface area contributed by atoms with Gasteiger partial charge < -0.3 is 10.6 Å². The molecule has 1 heterocycles. The standard InChI is InChI=1S/C15H19N3OS/c1-2-17-14(19)8-9-16-10-15-18-13(11-20-15)12-6-4-3-5-7-12/h3-7,11,16H,2,8-10H2,1H3,(H,17,19). The third-order valence-electron chi connectivity index (χ3n) is 2.80. The third kappa shape index (κ3) is 4.43. The first-order valence-electron chi connectivity index (χ1n) is 6.77. The molecule has 0 aliphatic carbocycles. The van der Waals surface area contributed by atoms with E-state index in [1.54, 1.807) is 11.3 Å². The molecule has 0 saturated carbocycles. The van der Waals surface area contributed by atoms with Crippen LogP contribution in [0.25, 0.3) is 11.3 Å². The Balaban J connectivity index is 1.78. The number of amides is 1. The Morgan fingerprint density at radius 1 is 1.30 bits per heavy atom. The van der Waals surface area contributed by atoms with Gasteiger partial charge in [0.05, 0.1) is 5.69 Å². The van der Waals surface area contributed by atoms with E-state index in [0.717, 1.165) is 16.3 Å². The van der Waals surface area contributed by atoms with Crippen LogP contribution in [-0.2, 0) is 11.3 Å². The first kappa shape index (κ1) is 14.7. The molecule has 0 radical (unpaired) electrons. The second-order valence-corrected chi connectivity index (χ2v) is 5.32. The molecule has 1 aromatic carbocycles. The van der Waals surface area contributed by atoms with Crippen LogP contribution in [-0.4, -0.2) is 24.0 Å². The highest BCUT2D eigenvalue weighted by atomic mass is 32.1. The van der Waals surface area contributed by atoms with Crippen LogP contribution in [0.3, 0.4) is 0 Å². The van der Waals surface area contributed by atoms with Crippen LogP contribution in [0.2, 0.25) is 0 Å². The molecule has 2 N–H and O–H groups in total. The van der Waals surface area contributed by atoms with Crippen LogP contribution < -0.4 is 10.6 Å². The molecule has 20 heavy (non-hydrogen) atoms. The van der Waals surface area contributed by atoms with Gasteiger partial charge in [-0.15, -0.1) is 11.3 Å². The van der Waals surface area contributed by atoms with Crippen molar-refractivity contribution in [2.45, 2.75) is 19.9 Å². The van der Waals surface area contributed by atoms with Crippen molar-refractivity contribution in [3.8, 4) is 11.3 Å². The quantitative estimate of drug-likeness (QED) is 0.770. The highest BCUT2D eigenvalue weighted by Crippen LogP contribution is 2.21. The van der Waals surface area contributed by atoms with Gasteiger partial charge in [0.1, 0.15) is 5.01 Å². The number of rotatable bonds is 7. The Morgan fingerprint density at radius 2 is 2.10 bits per heavy atom. The molecule has 106 valence electrons. The van der Waals surface area contributed by atoms with Crippen molar-refractivity contribution in [2.75, 3.05) is 13.1 Å². The molecular formula is C15H19N3OS. The number of benzene rings is 1. The SMILES string of the molecule is CCNC(=O)CCNCc1nc(-c2ccccc2)cs1. The number of thiazole rings is 1. The fraction of sp³-hybridized carbons (Fsp3) is 0.333. The van der Waals surface area contributed by atoms with E-state index in [9.17, 15) is 4.79 Å². The van der Waals surface area contributed by atoms with Crippen LogP contribution >= 0.6 is 11.3 Å². The molecule has 0 saturated heterocycles. The molecule has 0 aliphatic rings. The molecule has 0 aliphatic heterocycles. The van der Waals surface area contributed by atoms with Gasteiger partial charge in [0.25, 0.3) is 0 Å². The van der Waals surface area contributed by atoms with Gasteiger partial charge in [-0.3, -0.25) is 4.79 Å². The summed E-state index contributed by atoms with van der Waals surface area (Å²) in [6.07, 6.45) is 0.505. The molecule has 1 amide bonds. The predicted molar refractivity (Wildman–Crippen MR) is 82.6 cm³/mol.